The molecule has 0 aromatic heterocycles. The maximum Gasteiger partial charge on any atom is 0.362 e. The molecule has 0 heterocycles. The molecule has 0 aliphatic heterocycles. The van der Waals surface area contributed by atoms with Crippen molar-refractivity contribution in [2.45, 2.75) is 244 Å². The van der Waals surface area contributed by atoms with Gasteiger partial charge in [0.15, 0.2) is 12.1 Å². The Kier molecular flexibility index (Phi) is 42.4. The van der Waals surface area contributed by atoms with E-state index in [9.17, 15) is 19.5 Å². The minimum Gasteiger partial charge on any atom is -0.477 e. The van der Waals surface area contributed by atoms with Crippen LogP contribution >= 0.6 is 0 Å². The molecule has 0 spiro atoms. The summed E-state index contributed by atoms with van der Waals surface area (Å²) in [6.45, 7) is 4.72. The summed E-state index contributed by atoms with van der Waals surface area (Å²) >= 11 is 0. The number of carboxylic acid groups (broad SMARTS) is 1. The molecule has 2 atom stereocenters. The molecule has 1 N–H and O–H groups in total. The number of esters is 2. The standard InChI is InChI=1S/C53H97NO7/c1-6-8-10-12-14-16-18-20-22-24-25-26-28-29-31-33-35-37-39-41-43-51(55)60-48-49(47-59-46-45-50(53(57)58)54(3,4)5)61-52(56)44-42-40-38-36-34-32-30-27-23-21-19-17-15-13-11-9-7-2/h15,17,21,23,25-26,49-50H,6-14,16,18-20,22,24,27-48H2,1-5H3/p+1/b17-15+,23-21+,26-25+. The zero-order valence-electron chi connectivity index (χ0n) is 40.6. The lowest BCUT2D eigenvalue weighted by Gasteiger charge is -2.31. The number of carbonyl (C=O) groups is 3. The lowest BCUT2D eigenvalue weighted by Crippen LogP contribution is -2.50. The van der Waals surface area contributed by atoms with Crippen molar-refractivity contribution in [2.24, 2.45) is 0 Å². The summed E-state index contributed by atoms with van der Waals surface area (Å²) in [6.07, 6.45) is 51.9. The molecule has 2 unspecified atom stereocenters. The fourth-order valence-electron chi connectivity index (χ4n) is 7.53. The zero-order chi connectivity index (χ0) is 44.9. The number of aliphatic carboxylic acids is 1. The summed E-state index contributed by atoms with van der Waals surface area (Å²) in [6, 6.07) is -0.616. The van der Waals surface area contributed by atoms with Crippen LogP contribution in [0.15, 0.2) is 36.5 Å². The first-order valence-corrected chi connectivity index (χ1v) is 25.5. The van der Waals surface area contributed by atoms with Crippen molar-refractivity contribution in [3.63, 3.8) is 0 Å². The number of allylic oxidation sites excluding steroid dienone is 6. The number of rotatable bonds is 46. The van der Waals surface area contributed by atoms with Crippen molar-refractivity contribution >= 4 is 17.9 Å². The van der Waals surface area contributed by atoms with Crippen molar-refractivity contribution < 1.29 is 38.2 Å². The van der Waals surface area contributed by atoms with Crippen LogP contribution in [-0.2, 0) is 28.6 Å². The summed E-state index contributed by atoms with van der Waals surface area (Å²) in [7, 11) is 5.53. The highest BCUT2D eigenvalue weighted by molar-refractivity contribution is 5.72. The number of nitrogens with zero attached hydrogens (tertiary/aromatic N) is 1. The predicted molar refractivity (Wildman–Crippen MR) is 257 cm³/mol. The van der Waals surface area contributed by atoms with Crippen LogP contribution in [0.3, 0.4) is 0 Å². The second-order valence-electron chi connectivity index (χ2n) is 18.4. The Bertz CT molecular complexity index is 1090. The van der Waals surface area contributed by atoms with Crippen LogP contribution in [0.25, 0.3) is 0 Å². The summed E-state index contributed by atoms with van der Waals surface area (Å²) in [5.74, 6) is -1.47. The van der Waals surface area contributed by atoms with E-state index < -0.39 is 18.1 Å². The van der Waals surface area contributed by atoms with Gasteiger partial charge in [-0.2, -0.15) is 0 Å². The minimum absolute atomic E-state index is 0.0547. The van der Waals surface area contributed by atoms with Crippen molar-refractivity contribution in [2.75, 3.05) is 41.0 Å². The van der Waals surface area contributed by atoms with E-state index in [-0.39, 0.29) is 36.2 Å². The topological polar surface area (TPSA) is 99.1 Å². The number of carboxylic acids is 1. The average molecular weight is 861 g/mol. The molecule has 0 aromatic carbocycles. The Balaban J connectivity index is 4.25. The van der Waals surface area contributed by atoms with Gasteiger partial charge in [0.25, 0.3) is 0 Å². The Hall–Kier alpha value is -2.45. The molecule has 0 amide bonds. The first kappa shape index (κ1) is 58.6. The quantitative estimate of drug-likeness (QED) is 0.0282. The van der Waals surface area contributed by atoms with Gasteiger partial charge in [0.1, 0.15) is 6.61 Å². The molecule has 0 radical (unpaired) electrons. The fraction of sp³-hybridized carbons (Fsp3) is 0.830. The molecule has 61 heavy (non-hydrogen) atoms. The second-order valence-corrected chi connectivity index (χ2v) is 18.4. The average Bonchev–Trinajstić information content (AvgIpc) is 3.22. The SMILES string of the molecule is CCCCC/C=C/C/C=C/CCCCCCCCCC(=O)OC(COCCC(C(=O)O)[N+](C)(C)C)COC(=O)CCCCCCCCC/C=C/CCCCCCCCCCC. The number of carbonyl (C=O) groups excluding carboxylic acids is 2. The highest BCUT2D eigenvalue weighted by Crippen LogP contribution is 2.15. The molecular weight excluding hydrogens is 763 g/mol. The van der Waals surface area contributed by atoms with E-state index in [0.29, 0.717) is 19.3 Å². The number of quaternary nitrogens is 1. The van der Waals surface area contributed by atoms with E-state index in [1.165, 1.54) is 148 Å². The lowest BCUT2D eigenvalue weighted by molar-refractivity contribution is -0.887. The molecule has 0 bridgehead atoms. The molecule has 0 saturated carbocycles. The Morgan fingerprint density at radius 1 is 0.492 bits per heavy atom. The van der Waals surface area contributed by atoms with E-state index in [2.05, 4.69) is 50.3 Å². The third-order valence-electron chi connectivity index (χ3n) is 11.5. The van der Waals surface area contributed by atoms with Gasteiger partial charge in [-0.3, -0.25) is 9.59 Å². The third-order valence-corrected chi connectivity index (χ3v) is 11.5. The Morgan fingerprint density at radius 2 is 0.869 bits per heavy atom. The van der Waals surface area contributed by atoms with E-state index in [0.717, 1.165) is 51.4 Å². The number of likely N-dealkylation sites (N-methyl/N-ethyl adjacent to an activating group) is 1. The second kappa shape index (κ2) is 44.2. The molecule has 8 nitrogen and oxygen atoms in total. The van der Waals surface area contributed by atoms with Gasteiger partial charge >= 0.3 is 17.9 Å². The van der Waals surface area contributed by atoms with Gasteiger partial charge < -0.3 is 23.8 Å². The van der Waals surface area contributed by atoms with Crippen LogP contribution in [0.5, 0.6) is 0 Å². The molecule has 0 saturated heterocycles. The Morgan fingerprint density at radius 3 is 1.31 bits per heavy atom. The summed E-state index contributed by atoms with van der Waals surface area (Å²) < 4.78 is 17.3. The maximum absolute atomic E-state index is 12.8. The van der Waals surface area contributed by atoms with Gasteiger partial charge in [0.2, 0.25) is 0 Å². The van der Waals surface area contributed by atoms with Gasteiger partial charge in [0, 0.05) is 19.3 Å². The molecule has 0 fully saturated rings. The molecule has 356 valence electrons. The van der Waals surface area contributed by atoms with Crippen LogP contribution in [0.4, 0.5) is 0 Å². The van der Waals surface area contributed by atoms with Crippen LogP contribution in [0, 0.1) is 0 Å². The van der Waals surface area contributed by atoms with Crippen LogP contribution in [-0.4, -0.2) is 80.6 Å². The van der Waals surface area contributed by atoms with E-state index >= 15 is 0 Å². The number of ether oxygens (including phenoxy) is 3. The highest BCUT2D eigenvalue weighted by Gasteiger charge is 2.31. The molecular formula is C53H98NO7+. The van der Waals surface area contributed by atoms with Crippen molar-refractivity contribution in [1.29, 1.82) is 0 Å². The van der Waals surface area contributed by atoms with Crippen LogP contribution in [0.1, 0.15) is 232 Å². The molecule has 8 heteroatoms. The highest BCUT2D eigenvalue weighted by atomic mass is 16.6. The Labute approximate surface area is 376 Å². The largest absolute Gasteiger partial charge is 0.477 e. The number of hydrogen-bond acceptors (Lipinski definition) is 6. The molecule has 0 aromatic rings. The summed E-state index contributed by atoms with van der Waals surface area (Å²) in [5.41, 5.74) is 0. The van der Waals surface area contributed by atoms with Crippen molar-refractivity contribution in [1.82, 2.24) is 0 Å². The molecule has 0 rings (SSSR count). The molecule has 0 aliphatic rings. The number of hydrogen-bond donors (Lipinski definition) is 1. The van der Waals surface area contributed by atoms with Crippen molar-refractivity contribution in [3.05, 3.63) is 36.5 Å². The first-order chi connectivity index (χ1) is 29.6. The third kappa shape index (κ3) is 42.6. The van der Waals surface area contributed by atoms with Gasteiger partial charge in [0.05, 0.1) is 34.4 Å². The minimum atomic E-state index is -0.875. The smallest absolute Gasteiger partial charge is 0.362 e. The summed E-state index contributed by atoms with van der Waals surface area (Å²) in [4.78, 5) is 37.1. The van der Waals surface area contributed by atoms with Gasteiger partial charge in [-0.1, -0.05) is 179 Å². The fourth-order valence-corrected chi connectivity index (χ4v) is 7.53. The monoisotopic (exact) mass is 861 g/mol. The van der Waals surface area contributed by atoms with Crippen molar-refractivity contribution in [3.8, 4) is 0 Å². The lowest BCUT2D eigenvalue weighted by atomic mass is 10.1. The maximum atomic E-state index is 12.8. The van der Waals surface area contributed by atoms with Crippen LogP contribution < -0.4 is 0 Å². The normalized spacial score (nSPS) is 13.1. The molecule has 0 aliphatic carbocycles. The predicted octanol–water partition coefficient (Wildman–Crippen LogP) is 14.6. The van der Waals surface area contributed by atoms with E-state index in [1.54, 1.807) is 0 Å². The van der Waals surface area contributed by atoms with Gasteiger partial charge in [-0.15, -0.1) is 0 Å². The van der Waals surface area contributed by atoms with E-state index in [1.807, 2.05) is 21.1 Å². The van der Waals surface area contributed by atoms with E-state index in [4.69, 9.17) is 14.2 Å². The summed E-state index contributed by atoms with van der Waals surface area (Å²) in [5, 5.41) is 9.65. The number of unbranched alkanes of at least 4 members (excludes halogenated alkanes) is 26. The van der Waals surface area contributed by atoms with Gasteiger partial charge in [-0.25, -0.2) is 4.79 Å². The van der Waals surface area contributed by atoms with Crippen LogP contribution in [0.2, 0.25) is 0 Å². The zero-order valence-corrected chi connectivity index (χ0v) is 40.6. The first-order valence-electron chi connectivity index (χ1n) is 25.5. The van der Waals surface area contributed by atoms with Gasteiger partial charge in [-0.05, 0) is 70.6 Å².